The number of hydrogen-bond donors (Lipinski definition) is 1. The van der Waals surface area contributed by atoms with Gasteiger partial charge in [-0.25, -0.2) is 0 Å². The van der Waals surface area contributed by atoms with Gasteiger partial charge in [0.1, 0.15) is 5.82 Å². The average Bonchev–Trinajstić information content (AvgIpc) is 2.39. The van der Waals surface area contributed by atoms with E-state index in [1.54, 1.807) is 18.3 Å². The number of fused-ring (bicyclic) bond motifs is 1. The number of nitrogens with one attached hydrogen (secondary N) is 1. The number of hydrogen-bond acceptors (Lipinski definition) is 4. The summed E-state index contributed by atoms with van der Waals surface area (Å²) in [5.74, 6) is 0.874. The van der Waals surface area contributed by atoms with Gasteiger partial charge < -0.3 is 14.8 Å². The van der Waals surface area contributed by atoms with Crippen molar-refractivity contribution in [2.24, 2.45) is 0 Å². The van der Waals surface area contributed by atoms with Crippen LogP contribution < -0.4 is 10.5 Å². The summed E-state index contributed by atoms with van der Waals surface area (Å²) in [7, 11) is 2.11. The molecule has 0 aliphatic carbocycles. The van der Waals surface area contributed by atoms with Crippen molar-refractivity contribution in [2.45, 2.75) is 0 Å². The Balaban J connectivity index is 2.00. The number of aromatic amines is 1. The Hall–Kier alpha value is -1.88. The number of aromatic nitrogens is 2. The van der Waals surface area contributed by atoms with Crippen LogP contribution in [0.25, 0.3) is 10.9 Å². The van der Waals surface area contributed by atoms with Crippen molar-refractivity contribution in [3.05, 3.63) is 34.7 Å². The molecule has 0 aromatic carbocycles. The molecule has 18 heavy (non-hydrogen) atoms. The van der Waals surface area contributed by atoms with E-state index in [4.69, 9.17) is 0 Å². The molecule has 0 radical (unpaired) electrons. The highest BCUT2D eigenvalue weighted by Gasteiger charge is 2.15. The van der Waals surface area contributed by atoms with Crippen molar-refractivity contribution in [2.75, 3.05) is 38.1 Å². The molecule has 0 spiro atoms. The minimum absolute atomic E-state index is 0.0606. The first kappa shape index (κ1) is 11.2. The lowest BCUT2D eigenvalue weighted by Gasteiger charge is -2.33. The van der Waals surface area contributed by atoms with Gasteiger partial charge in [0.2, 0.25) is 0 Å². The smallest absolute Gasteiger partial charge is 0.258 e. The molecule has 2 aromatic rings. The molecule has 1 N–H and O–H groups in total. The van der Waals surface area contributed by atoms with Gasteiger partial charge in [0.15, 0.2) is 0 Å². The predicted molar refractivity (Wildman–Crippen MR) is 72.1 cm³/mol. The lowest BCUT2D eigenvalue weighted by atomic mass is 10.2. The van der Waals surface area contributed by atoms with Gasteiger partial charge in [0.05, 0.1) is 10.9 Å². The number of pyridine rings is 2. The van der Waals surface area contributed by atoms with Crippen molar-refractivity contribution in [3.63, 3.8) is 0 Å². The summed E-state index contributed by atoms with van der Waals surface area (Å²) >= 11 is 0. The fraction of sp³-hybridized carbons (Fsp3) is 0.385. The first-order valence-corrected chi connectivity index (χ1v) is 6.15. The minimum atomic E-state index is -0.0606. The molecule has 2 aromatic heterocycles. The van der Waals surface area contributed by atoms with Gasteiger partial charge in [-0.2, -0.15) is 0 Å². The first-order chi connectivity index (χ1) is 8.74. The Morgan fingerprint density at radius 2 is 2.06 bits per heavy atom. The fourth-order valence-corrected chi connectivity index (χ4v) is 2.29. The van der Waals surface area contributed by atoms with Crippen LogP contribution in [0.4, 0.5) is 5.82 Å². The molecule has 1 aliphatic heterocycles. The molecule has 94 valence electrons. The third-order valence-corrected chi connectivity index (χ3v) is 3.44. The second-order valence-electron chi connectivity index (χ2n) is 4.71. The fourth-order valence-electron chi connectivity index (χ4n) is 2.29. The number of likely N-dealkylation sites (N-methyl/N-ethyl adjacent to an activating group) is 1. The van der Waals surface area contributed by atoms with Gasteiger partial charge in [-0.3, -0.25) is 9.78 Å². The Labute approximate surface area is 105 Å². The Kier molecular flexibility index (Phi) is 2.76. The minimum Gasteiger partial charge on any atom is -0.355 e. The number of H-pyrrole nitrogens is 1. The van der Waals surface area contributed by atoms with Crippen molar-refractivity contribution in [1.29, 1.82) is 0 Å². The van der Waals surface area contributed by atoms with E-state index >= 15 is 0 Å². The average molecular weight is 244 g/mol. The largest absolute Gasteiger partial charge is 0.355 e. The van der Waals surface area contributed by atoms with Crippen LogP contribution >= 0.6 is 0 Å². The van der Waals surface area contributed by atoms with Crippen molar-refractivity contribution in [3.8, 4) is 0 Å². The number of rotatable bonds is 1. The maximum absolute atomic E-state index is 12.0. The number of nitrogens with zero attached hydrogens (tertiary/aromatic N) is 3. The molecule has 5 heteroatoms. The Morgan fingerprint density at radius 3 is 2.83 bits per heavy atom. The van der Waals surface area contributed by atoms with E-state index in [0.717, 1.165) is 37.5 Å². The zero-order valence-corrected chi connectivity index (χ0v) is 10.4. The summed E-state index contributed by atoms with van der Waals surface area (Å²) in [6.07, 6.45) is 1.72. The summed E-state index contributed by atoms with van der Waals surface area (Å²) < 4.78 is 0. The van der Waals surface area contributed by atoms with Gasteiger partial charge in [-0.1, -0.05) is 0 Å². The standard InChI is InChI=1S/C13H16N4O/c1-16-5-7-17(8-6-16)12-9-11-10(13(18)15-12)3-2-4-14-11/h2-4,9H,5-8H2,1H3,(H,15,18). The Morgan fingerprint density at radius 1 is 1.28 bits per heavy atom. The highest BCUT2D eigenvalue weighted by atomic mass is 16.1. The number of piperazine rings is 1. The summed E-state index contributed by atoms with van der Waals surface area (Å²) in [5, 5.41) is 0.648. The van der Waals surface area contributed by atoms with Crippen LogP contribution in [0.1, 0.15) is 0 Å². The van der Waals surface area contributed by atoms with Crippen LogP contribution in [0.15, 0.2) is 29.2 Å². The van der Waals surface area contributed by atoms with Crippen LogP contribution in [0.3, 0.4) is 0 Å². The second-order valence-corrected chi connectivity index (χ2v) is 4.71. The van der Waals surface area contributed by atoms with Gasteiger partial charge in [0, 0.05) is 38.4 Å². The molecule has 1 fully saturated rings. The van der Waals surface area contributed by atoms with Gasteiger partial charge >= 0.3 is 0 Å². The van der Waals surface area contributed by atoms with E-state index in [1.807, 2.05) is 6.07 Å². The van der Waals surface area contributed by atoms with E-state index < -0.39 is 0 Å². The summed E-state index contributed by atoms with van der Waals surface area (Å²) in [6.45, 7) is 3.90. The molecule has 5 nitrogen and oxygen atoms in total. The quantitative estimate of drug-likeness (QED) is 0.801. The van der Waals surface area contributed by atoms with E-state index in [2.05, 4.69) is 26.8 Å². The third-order valence-electron chi connectivity index (χ3n) is 3.44. The molecule has 3 rings (SSSR count). The zero-order chi connectivity index (χ0) is 12.5. The monoisotopic (exact) mass is 244 g/mol. The van der Waals surface area contributed by atoms with Gasteiger partial charge in [-0.05, 0) is 19.2 Å². The molecule has 0 unspecified atom stereocenters. The maximum Gasteiger partial charge on any atom is 0.258 e. The summed E-state index contributed by atoms with van der Waals surface area (Å²) in [4.78, 5) is 23.7. The Bertz CT molecular complexity index is 614. The zero-order valence-electron chi connectivity index (χ0n) is 10.4. The first-order valence-electron chi connectivity index (χ1n) is 6.15. The molecule has 0 bridgehead atoms. The van der Waals surface area contributed by atoms with E-state index in [0.29, 0.717) is 5.39 Å². The molecule has 0 atom stereocenters. The van der Waals surface area contributed by atoms with Crippen molar-refractivity contribution >= 4 is 16.7 Å². The maximum atomic E-state index is 12.0. The van der Waals surface area contributed by atoms with Crippen LogP contribution in [-0.4, -0.2) is 48.1 Å². The van der Waals surface area contributed by atoms with Gasteiger partial charge in [0.25, 0.3) is 5.56 Å². The molecule has 1 aliphatic rings. The lowest BCUT2D eigenvalue weighted by Crippen LogP contribution is -2.45. The summed E-state index contributed by atoms with van der Waals surface area (Å²) in [6, 6.07) is 5.55. The normalized spacial score (nSPS) is 17.3. The van der Waals surface area contributed by atoms with Crippen LogP contribution in [0.5, 0.6) is 0 Å². The SMILES string of the molecule is CN1CCN(c2cc3ncccc3c(=O)[nH]2)CC1. The molecule has 0 saturated carbocycles. The highest BCUT2D eigenvalue weighted by Crippen LogP contribution is 2.15. The molecular formula is C13H16N4O. The molecular weight excluding hydrogens is 228 g/mol. The lowest BCUT2D eigenvalue weighted by molar-refractivity contribution is 0.312. The topological polar surface area (TPSA) is 52.2 Å². The molecule has 1 saturated heterocycles. The highest BCUT2D eigenvalue weighted by molar-refractivity contribution is 5.79. The van der Waals surface area contributed by atoms with E-state index in [1.165, 1.54) is 0 Å². The van der Waals surface area contributed by atoms with Crippen LogP contribution in [0.2, 0.25) is 0 Å². The third kappa shape index (κ3) is 1.97. The van der Waals surface area contributed by atoms with Gasteiger partial charge in [-0.15, -0.1) is 0 Å². The predicted octanol–water partition coefficient (Wildman–Crippen LogP) is 0.675. The van der Waals surface area contributed by atoms with E-state index in [-0.39, 0.29) is 5.56 Å². The summed E-state index contributed by atoms with van der Waals surface area (Å²) in [5.41, 5.74) is 0.699. The van der Waals surface area contributed by atoms with Crippen molar-refractivity contribution < 1.29 is 0 Å². The van der Waals surface area contributed by atoms with Crippen LogP contribution in [-0.2, 0) is 0 Å². The van der Waals surface area contributed by atoms with Crippen LogP contribution in [0, 0.1) is 0 Å². The molecule has 3 heterocycles. The number of anilines is 1. The molecule has 0 amide bonds. The van der Waals surface area contributed by atoms with Crippen molar-refractivity contribution in [1.82, 2.24) is 14.9 Å². The van der Waals surface area contributed by atoms with E-state index in [9.17, 15) is 4.79 Å². The second kappa shape index (κ2) is 4.42.